The second kappa shape index (κ2) is 11.9. The molecule has 0 N–H and O–H groups in total. The molecule has 0 saturated heterocycles. The zero-order valence-electron chi connectivity index (χ0n) is 27.9. The van der Waals surface area contributed by atoms with Crippen LogP contribution < -0.4 is 4.90 Å². The summed E-state index contributed by atoms with van der Waals surface area (Å²) in [5, 5.41) is 5.00. The molecule has 0 unspecified atom stereocenters. The van der Waals surface area contributed by atoms with Crippen LogP contribution in [0, 0.1) is 0 Å². The van der Waals surface area contributed by atoms with Crippen LogP contribution in [0.1, 0.15) is 0 Å². The Morgan fingerprint density at radius 1 is 0.275 bits per heavy atom. The quantitative estimate of drug-likeness (QED) is 0.174. The SMILES string of the molecule is c1ccc(-c2ccc(N(c3ccccc3)c3cccc(-n4c5ccccc5c5cc6c7ccccc7n(-c7ccccc7)c6cc54)c3)cc2)cc1. The monoisotopic (exact) mass is 651 g/mol. The van der Waals surface area contributed by atoms with Gasteiger partial charge in [-0.25, -0.2) is 0 Å². The number of benzene rings is 8. The first kappa shape index (κ1) is 29.1. The molecule has 10 aromatic rings. The van der Waals surface area contributed by atoms with Crippen molar-refractivity contribution in [3.05, 3.63) is 200 Å². The normalized spacial score (nSPS) is 11.5. The Balaban J connectivity index is 1.19. The first-order chi connectivity index (χ1) is 25.3. The minimum Gasteiger partial charge on any atom is -0.310 e. The minimum absolute atomic E-state index is 1.09. The van der Waals surface area contributed by atoms with E-state index in [1.807, 2.05) is 0 Å². The second-order valence-electron chi connectivity index (χ2n) is 13.0. The van der Waals surface area contributed by atoms with Crippen molar-refractivity contribution in [3.8, 4) is 22.5 Å². The second-order valence-corrected chi connectivity index (χ2v) is 13.0. The van der Waals surface area contributed by atoms with Crippen LogP contribution in [0.4, 0.5) is 17.1 Å². The van der Waals surface area contributed by atoms with Gasteiger partial charge < -0.3 is 14.0 Å². The lowest BCUT2D eigenvalue weighted by atomic mass is 10.0. The molecule has 0 bridgehead atoms. The number of para-hydroxylation sites is 4. The molecule has 2 heterocycles. The van der Waals surface area contributed by atoms with Crippen LogP contribution in [0.15, 0.2) is 200 Å². The van der Waals surface area contributed by atoms with E-state index in [-0.39, 0.29) is 0 Å². The summed E-state index contributed by atoms with van der Waals surface area (Å²) in [5.74, 6) is 0. The Morgan fingerprint density at radius 2 is 0.745 bits per heavy atom. The predicted molar refractivity (Wildman–Crippen MR) is 215 cm³/mol. The van der Waals surface area contributed by atoms with Gasteiger partial charge in [-0.15, -0.1) is 0 Å². The van der Waals surface area contributed by atoms with Gasteiger partial charge in [0, 0.05) is 50.0 Å². The smallest absolute Gasteiger partial charge is 0.0562 e. The molecule has 0 fully saturated rings. The standard InChI is InChI=1S/C48H33N3/c1-4-15-34(16-5-1)35-27-29-38(30-28-35)49(36-17-6-2-7-18-36)39-21-14-22-40(31-39)51-46-26-13-11-24-42(46)44-32-43-41-23-10-12-25-45(41)50(47(43)33-48(44)51)37-19-8-3-9-20-37/h1-33H. The fraction of sp³-hybridized carbons (Fsp3) is 0. The lowest BCUT2D eigenvalue weighted by Gasteiger charge is -2.26. The Labute approximate surface area is 296 Å². The molecule has 8 aromatic carbocycles. The van der Waals surface area contributed by atoms with Crippen molar-refractivity contribution in [2.75, 3.05) is 4.90 Å². The predicted octanol–water partition coefficient (Wildman–Crippen LogP) is 13.0. The van der Waals surface area contributed by atoms with Crippen molar-refractivity contribution in [1.29, 1.82) is 0 Å². The summed E-state index contributed by atoms with van der Waals surface area (Å²) in [6.45, 7) is 0. The van der Waals surface area contributed by atoms with E-state index in [2.05, 4.69) is 214 Å². The van der Waals surface area contributed by atoms with Crippen LogP contribution >= 0.6 is 0 Å². The van der Waals surface area contributed by atoms with Gasteiger partial charge >= 0.3 is 0 Å². The molecule has 3 heteroatoms. The number of anilines is 3. The summed E-state index contributed by atoms with van der Waals surface area (Å²) in [5.41, 5.74) is 12.8. The fourth-order valence-electron chi connectivity index (χ4n) is 7.79. The van der Waals surface area contributed by atoms with Crippen LogP contribution in [-0.2, 0) is 0 Å². The maximum Gasteiger partial charge on any atom is 0.0562 e. The Hall–Kier alpha value is -6.84. The molecule has 0 amide bonds. The van der Waals surface area contributed by atoms with Crippen LogP contribution in [0.5, 0.6) is 0 Å². The van der Waals surface area contributed by atoms with Crippen molar-refractivity contribution in [3.63, 3.8) is 0 Å². The molecule has 0 radical (unpaired) electrons. The molecule has 0 atom stereocenters. The van der Waals surface area contributed by atoms with Gasteiger partial charge in [-0.05, 0) is 90.0 Å². The largest absolute Gasteiger partial charge is 0.310 e. The highest BCUT2D eigenvalue weighted by Crippen LogP contribution is 2.41. The summed E-state index contributed by atoms with van der Waals surface area (Å²) in [4.78, 5) is 2.34. The number of rotatable bonds is 6. The molecule has 0 saturated carbocycles. The highest BCUT2D eigenvalue weighted by Gasteiger charge is 2.19. The molecule has 10 rings (SSSR count). The van der Waals surface area contributed by atoms with Gasteiger partial charge in [-0.2, -0.15) is 0 Å². The highest BCUT2D eigenvalue weighted by atomic mass is 15.1. The van der Waals surface area contributed by atoms with Gasteiger partial charge in [0.05, 0.1) is 22.1 Å². The Morgan fingerprint density at radius 3 is 1.39 bits per heavy atom. The fourth-order valence-corrected chi connectivity index (χ4v) is 7.79. The third-order valence-corrected chi connectivity index (χ3v) is 10.1. The first-order valence-corrected chi connectivity index (χ1v) is 17.4. The Bertz CT molecular complexity index is 2830. The molecule has 51 heavy (non-hydrogen) atoms. The molecule has 0 aliphatic carbocycles. The summed E-state index contributed by atoms with van der Waals surface area (Å²) < 4.78 is 4.83. The molecule has 0 spiro atoms. The number of hydrogen-bond donors (Lipinski definition) is 0. The Kier molecular flexibility index (Phi) is 6.81. The van der Waals surface area contributed by atoms with E-state index < -0.39 is 0 Å². The molecule has 0 aliphatic rings. The van der Waals surface area contributed by atoms with Gasteiger partial charge in [0.1, 0.15) is 0 Å². The summed E-state index contributed by atoms with van der Waals surface area (Å²) in [7, 11) is 0. The van der Waals surface area contributed by atoms with Gasteiger partial charge in [-0.1, -0.05) is 121 Å². The van der Waals surface area contributed by atoms with Crippen LogP contribution in [0.25, 0.3) is 66.1 Å². The molecule has 2 aromatic heterocycles. The highest BCUT2D eigenvalue weighted by molar-refractivity contribution is 6.19. The average Bonchev–Trinajstić information content (AvgIpc) is 3.70. The van der Waals surface area contributed by atoms with Gasteiger partial charge in [0.15, 0.2) is 0 Å². The van der Waals surface area contributed by atoms with Gasteiger partial charge in [0.2, 0.25) is 0 Å². The molecular weight excluding hydrogens is 619 g/mol. The van der Waals surface area contributed by atoms with E-state index >= 15 is 0 Å². The number of aromatic nitrogens is 2. The number of nitrogens with zero attached hydrogens (tertiary/aromatic N) is 3. The third-order valence-electron chi connectivity index (χ3n) is 10.1. The van der Waals surface area contributed by atoms with Gasteiger partial charge in [0.25, 0.3) is 0 Å². The molecule has 0 aliphatic heterocycles. The molecule has 3 nitrogen and oxygen atoms in total. The topological polar surface area (TPSA) is 13.1 Å². The van der Waals surface area contributed by atoms with Crippen LogP contribution in [0.2, 0.25) is 0 Å². The zero-order chi connectivity index (χ0) is 33.7. The van der Waals surface area contributed by atoms with E-state index in [0.29, 0.717) is 0 Å². The van der Waals surface area contributed by atoms with Gasteiger partial charge in [-0.3, -0.25) is 0 Å². The van der Waals surface area contributed by atoms with E-state index in [1.54, 1.807) is 0 Å². The maximum atomic E-state index is 2.43. The lowest BCUT2D eigenvalue weighted by Crippen LogP contribution is -2.10. The van der Waals surface area contributed by atoms with Crippen molar-refractivity contribution in [2.45, 2.75) is 0 Å². The van der Waals surface area contributed by atoms with E-state index in [9.17, 15) is 0 Å². The molecular formula is C48H33N3. The van der Waals surface area contributed by atoms with Crippen molar-refractivity contribution in [2.24, 2.45) is 0 Å². The molecule has 240 valence electrons. The van der Waals surface area contributed by atoms with E-state index in [4.69, 9.17) is 0 Å². The maximum absolute atomic E-state index is 2.43. The zero-order valence-corrected chi connectivity index (χ0v) is 27.9. The minimum atomic E-state index is 1.09. The summed E-state index contributed by atoms with van der Waals surface area (Å²) in [6.07, 6.45) is 0. The summed E-state index contributed by atoms with van der Waals surface area (Å²) >= 11 is 0. The first-order valence-electron chi connectivity index (χ1n) is 17.4. The summed E-state index contributed by atoms with van der Waals surface area (Å²) in [6, 6.07) is 72.1. The lowest BCUT2D eigenvalue weighted by molar-refractivity contribution is 1.16. The van der Waals surface area contributed by atoms with Crippen molar-refractivity contribution in [1.82, 2.24) is 9.13 Å². The number of hydrogen-bond acceptors (Lipinski definition) is 1. The van der Waals surface area contributed by atoms with E-state index in [1.165, 1.54) is 54.7 Å². The average molecular weight is 652 g/mol. The van der Waals surface area contributed by atoms with E-state index in [0.717, 1.165) is 28.4 Å². The van der Waals surface area contributed by atoms with Crippen molar-refractivity contribution < 1.29 is 0 Å². The van der Waals surface area contributed by atoms with Crippen molar-refractivity contribution >= 4 is 60.7 Å². The van der Waals surface area contributed by atoms with Crippen LogP contribution in [0.3, 0.4) is 0 Å². The third kappa shape index (κ3) is 4.82. The number of fused-ring (bicyclic) bond motifs is 6. The van der Waals surface area contributed by atoms with Crippen LogP contribution in [-0.4, -0.2) is 9.13 Å².